The summed E-state index contributed by atoms with van der Waals surface area (Å²) < 4.78 is 0. The largest absolute Gasteiger partial charge is 0.330 e. The first-order chi connectivity index (χ1) is 13.2. The van der Waals surface area contributed by atoms with Crippen LogP contribution in [0.1, 0.15) is 62.7 Å². The van der Waals surface area contributed by atoms with E-state index in [-0.39, 0.29) is 18.0 Å². The Hall–Kier alpha value is -2.13. The fourth-order valence-electron chi connectivity index (χ4n) is 5.09. The predicted molar refractivity (Wildman–Crippen MR) is 109 cm³/mol. The molecule has 4 rings (SSSR count). The molecule has 0 unspecified atom stereocenters. The van der Waals surface area contributed by atoms with Gasteiger partial charge in [0.15, 0.2) is 0 Å². The topological polar surface area (TPSA) is 23.6 Å². The molecule has 142 valence electrons. The van der Waals surface area contributed by atoms with Crippen molar-refractivity contribution in [1.29, 1.82) is 0 Å². The summed E-state index contributed by atoms with van der Waals surface area (Å²) in [4.78, 5) is 18.0. The lowest BCUT2D eigenvalue weighted by Gasteiger charge is -2.53. The van der Waals surface area contributed by atoms with E-state index in [2.05, 4.69) is 78.2 Å². The van der Waals surface area contributed by atoms with Gasteiger partial charge in [-0.2, -0.15) is 0 Å². The first-order valence-corrected chi connectivity index (χ1v) is 10.3. The quantitative estimate of drug-likeness (QED) is 0.767. The molecule has 0 aromatic heterocycles. The molecule has 27 heavy (non-hydrogen) atoms. The summed E-state index contributed by atoms with van der Waals surface area (Å²) in [5.41, 5.74) is 2.54. The molecule has 3 nitrogen and oxygen atoms in total. The van der Waals surface area contributed by atoms with Crippen LogP contribution in [0.25, 0.3) is 0 Å². The number of hydrogen-bond acceptors (Lipinski definition) is 2. The molecule has 0 spiro atoms. The normalized spacial score (nSPS) is 25.7. The highest BCUT2D eigenvalue weighted by atomic mass is 16.2. The number of benzene rings is 2. The number of piperazine rings is 1. The monoisotopic (exact) mass is 362 g/mol. The first kappa shape index (κ1) is 18.2. The third-order valence-corrected chi connectivity index (χ3v) is 6.56. The summed E-state index contributed by atoms with van der Waals surface area (Å²) in [6, 6.07) is 22.3. The second kappa shape index (κ2) is 7.85. The van der Waals surface area contributed by atoms with Crippen LogP contribution in [-0.2, 0) is 4.79 Å². The van der Waals surface area contributed by atoms with Crippen molar-refractivity contribution in [2.24, 2.45) is 0 Å². The smallest absolute Gasteiger partial charge is 0.237 e. The van der Waals surface area contributed by atoms with Gasteiger partial charge >= 0.3 is 0 Å². The van der Waals surface area contributed by atoms with Gasteiger partial charge in [0.25, 0.3) is 0 Å². The highest BCUT2D eigenvalue weighted by Gasteiger charge is 2.45. The standard InChI is InChI=1S/C24H30N2O/c1-18(20-11-5-3-6-12-20)25-17-24(27)26(23-16-10-9-15-22(23)25)19(2)21-13-7-4-8-14-21/h3-8,11-14,18-19,22-23H,9-10,15-17H2,1-2H3/t18-,19-,22-,23-/m0/s1. The van der Waals surface area contributed by atoms with Crippen molar-refractivity contribution in [2.75, 3.05) is 6.54 Å². The van der Waals surface area contributed by atoms with Gasteiger partial charge in [-0.05, 0) is 37.8 Å². The van der Waals surface area contributed by atoms with Gasteiger partial charge in [0.2, 0.25) is 5.91 Å². The lowest BCUT2D eigenvalue weighted by Crippen LogP contribution is -2.63. The van der Waals surface area contributed by atoms with Gasteiger partial charge < -0.3 is 4.90 Å². The molecule has 0 N–H and O–H groups in total. The summed E-state index contributed by atoms with van der Waals surface area (Å²) in [5, 5.41) is 0. The Balaban J connectivity index is 1.62. The van der Waals surface area contributed by atoms with Crippen molar-refractivity contribution < 1.29 is 4.79 Å². The van der Waals surface area contributed by atoms with Crippen molar-refractivity contribution >= 4 is 5.91 Å². The SMILES string of the molecule is C[C@@H](c1ccccc1)N1CC(=O)N([C@@H](C)c2ccccc2)[C@H]2CCCC[C@@H]21. The molecule has 2 fully saturated rings. The van der Waals surface area contributed by atoms with Gasteiger partial charge in [-0.15, -0.1) is 0 Å². The van der Waals surface area contributed by atoms with Crippen molar-refractivity contribution in [3.63, 3.8) is 0 Å². The number of carbonyl (C=O) groups is 1. The number of nitrogens with zero attached hydrogens (tertiary/aromatic N) is 2. The molecule has 2 aliphatic rings. The molecule has 1 amide bonds. The van der Waals surface area contributed by atoms with Crippen LogP contribution in [0.3, 0.4) is 0 Å². The van der Waals surface area contributed by atoms with E-state index < -0.39 is 0 Å². The van der Waals surface area contributed by atoms with Crippen molar-refractivity contribution in [1.82, 2.24) is 9.80 Å². The average Bonchev–Trinajstić information content (AvgIpc) is 2.73. The molecule has 0 bridgehead atoms. The number of amides is 1. The van der Waals surface area contributed by atoms with E-state index in [0.717, 1.165) is 6.42 Å². The Morgan fingerprint density at radius 2 is 1.30 bits per heavy atom. The van der Waals surface area contributed by atoms with E-state index in [1.165, 1.54) is 30.4 Å². The molecule has 1 aliphatic heterocycles. The zero-order chi connectivity index (χ0) is 18.8. The lowest BCUT2D eigenvalue weighted by molar-refractivity contribution is -0.151. The molecule has 1 saturated carbocycles. The molecule has 2 aromatic rings. The molecule has 2 aromatic carbocycles. The second-order valence-corrected chi connectivity index (χ2v) is 8.07. The zero-order valence-corrected chi connectivity index (χ0v) is 16.4. The van der Waals surface area contributed by atoms with E-state index in [0.29, 0.717) is 18.6 Å². The fourth-order valence-corrected chi connectivity index (χ4v) is 5.09. The molecule has 0 radical (unpaired) electrons. The minimum atomic E-state index is 0.137. The van der Waals surface area contributed by atoms with Gasteiger partial charge in [0.1, 0.15) is 0 Å². The summed E-state index contributed by atoms with van der Waals surface area (Å²) in [6.45, 7) is 4.97. The fraction of sp³-hybridized carbons (Fsp3) is 0.458. The van der Waals surface area contributed by atoms with Gasteiger partial charge in [-0.25, -0.2) is 0 Å². The highest BCUT2D eigenvalue weighted by Crippen LogP contribution is 2.39. The Morgan fingerprint density at radius 1 is 0.778 bits per heavy atom. The molecule has 1 aliphatic carbocycles. The van der Waals surface area contributed by atoms with Crippen LogP contribution in [0, 0.1) is 0 Å². The number of carbonyl (C=O) groups excluding carboxylic acids is 1. The third-order valence-electron chi connectivity index (χ3n) is 6.56. The predicted octanol–water partition coefficient (Wildman–Crippen LogP) is 4.96. The first-order valence-electron chi connectivity index (χ1n) is 10.3. The molecule has 1 heterocycles. The Labute approximate surface area is 163 Å². The van der Waals surface area contributed by atoms with Crippen LogP contribution in [-0.4, -0.2) is 34.3 Å². The molecule has 1 saturated heterocycles. The van der Waals surface area contributed by atoms with Crippen LogP contribution in [0.5, 0.6) is 0 Å². The number of hydrogen-bond donors (Lipinski definition) is 0. The van der Waals surface area contributed by atoms with Gasteiger partial charge in [0.05, 0.1) is 12.6 Å². The van der Waals surface area contributed by atoms with E-state index in [4.69, 9.17) is 0 Å². The maximum atomic E-state index is 13.3. The van der Waals surface area contributed by atoms with Crippen molar-refractivity contribution in [3.05, 3.63) is 71.8 Å². The Morgan fingerprint density at radius 3 is 1.89 bits per heavy atom. The van der Waals surface area contributed by atoms with E-state index in [9.17, 15) is 4.79 Å². The third kappa shape index (κ3) is 3.53. The Bertz CT molecular complexity index is 760. The van der Waals surface area contributed by atoms with E-state index in [1.54, 1.807) is 0 Å². The maximum Gasteiger partial charge on any atom is 0.237 e. The summed E-state index contributed by atoms with van der Waals surface area (Å²) in [6.07, 6.45) is 4.79. The minimum absolute atomic E-state index is 0.137. The summed E-state index contributed by atoms with van der Waals surface area (Å²) in [5.74, 6) is 0.275. The number of rotatable bonds is 4. The average molecular weight is 363 g/mol. The minimum Gasteiger partial charge on any atom is -0.330 e. The highest BCUT2D eigenvalue weighted by molar-refractivity contribution is 5.80. The van der Waals surface area contributed by atoms with Crippen LogP contribution < -0.4 is 0 Å². The lowest BCUT2D eigenvalue weighted by atomic mass is 9.83. The molecule has 4 atom stereocenters. The van der Waals surface area contributed by atoms with Gasteiger partial charge in [-0.1, -0.05) is 73.5 Å². The van der Waals surface area contributed by atoms with Crippen LogP contribution in [0.2, 0.25) is 0 Å². The van der Waals surface area contributed by atoms with Crippen molar-refractivity contribution in [2.45, 2.75) is 63.7 Å². The maximum absolute atomic E-state index is 13.3. The van der Waals surface area contributed by atoms with Gasteiger partial charge in [0, 0.05) is 18.1 Å². The van der Waals surface area contributed by atoms with E-state index in [1.807, 2.05) is 6.07 Å². The number of fused-ring (bicyclic) bond motifs is 1. The van der Waals surface area contributed by atoms with Crippen molar-refractivity contribution in [3.8, 4) is 0 Å². The summed E-state index contributed by atoms with van der Waals surface area (Å²) >= 11 is 0. The molecular formula is C24H30N2O. The van der Waals surface area contributed by atoms with Crippen LogP contribution in [0.15, 0.2) is 60.7 Å². The summed E-state index contributed by atoms with van der Waals surface area (Å²) in [7, 11) is 0. The second-order valence-electron chi connectivity index (χ2n) is 8.07. The molecule has 3 heteroatoms. The Kier molecular flexibility index (Phi) is 5.31. The molecular weight excluding hydrogens is 332 g/mol. The van der Waals surface area contributed by atoms with Crippen LogP contribution in [0.4, 0.5) is 0 Å². The van der Waals surface area contributed by atoms with Gasteiger partial charge in [-0.3, -0.25) is 9.69 Å². The van der Waals surface area contributed by atoms with E-state index >= 15 is 0 Å². The van der Waals surface area contributed by atoms with Crippen LogP contribution >= 0.6 is 0 Å². The zero-order valence-electron chi connectivity index (χ0n) is 16.4.